The molecular weight excluding hydrogens is 319 g/mol. The molecule has 0 saturated carbocycles. The fraction of sp³-hybridized carbons (Fsp3) is 0.273. The Morgan fingerprint density at radius 3 is 2.94 bits per heavy atom. The van der Waals surface area contributed by atoms with Gasteiger partial charge in [0.25, 0.3) is 5.69 Å². The number of halogens is 1. The first-order valence-electron chi connectivity index (χ1n) is 4.76. The van der Waals surface area contributed by atoms with Crippen LogP contribution in [-0.2, 0) is 0 Å². The van der Waals surface area contributed by atoms with Gasteiger partial charge < -0.3 is 5.32 Å². The van der Waals surface area contributed by atoms with Crippen molar-refractivity contribution in [2.75, 3.05) is 11.9 Å². The molecule has 0 aromatic heterocycles. The largest absolute Gasteiger partial charge is 0.379 e. The van der Waals surface area contributed by atoms with Crippen molar-refractivity contribution in [2.45, 2.75) is 12.8 Å². The lowest BCUT2D eigenvalue weighted by atomic mass is 10.2. The molecule has 5 heteroatoms. The first kappa shape index (κ1) is 12.8. The molecular formula is C11H11IN2O2. The van der Waals surface area contributed by atoms with E-state index in [9.17, 15) is 10.1 Å². The number of hydrogen-bond donors (Lipinski definition) is 1. The van der Waals surface area contributed by atoms with Crippen LogP contribution in [-0.4, -0.2) is 11.5 Å². The van der Waals surface area contributed by atoms with Gasteiger partial charge in [-0.1, -0.05) is 0 Å². The molecule has 84 valence electrons. The highest BCUT2D eigenvalue weighted by Gasteiger charge is 2.13. The molecule has 0 fully saturated rings. The molecule has 0 aliphatic carbocycles. The molecule has 1 aromatic carbocycles. The summed E-state index contributed by atoms with van der Waals surface area (Å²) in [5.41, 5.74) is 0.648. The van der Waals surface area contributed by atoms with Gasteiger partial charge in [0.1, 0.15) is 5.69 Å². The Kier molecular flexibility index (Phi) is 5.05. The van der Waals surface area contributed by atoms with Gasteiger partial charge in [0.05, 0.1) is 4.92 Å². The molecule has 0 unspecified atom stereocenters. The van der Waals surface area contributed by atoms with E-state index in [1.165, 1.54) is 0 Å². The molecule has 0 heterocycles. The second-order valence-corrected chi connectivity index (χ2v) is 4.40. The predicted molar refractivity (Wildman–Crippen MR) is 72.4 cm³/mol. The molecule has 0 aliphatic rings. The smallest absolute Gasteiger partial charge is 0.293 e. The SMILES string of the molecule is C#CCCCNc1ccc(I)cc1[N+](=O)[O-]. The number of nitro groups is 1. The summed E-state index contributed by atoms with van der Waals surface area (Å²) in [6.45, 7) is 0.644. The number of rotatable bonds is 5. The fourth-order valence-corrected chi connectivity index (χ4v) is 1.69. The average molecular weight is 330 g/mol. The molecule has 0 amide bonds. The van der Waals surface area contributed by atoms with Crippen molar-refractivity contribution in [1.82, 2.24) is 0 Å². The summed E-state index contributed by atoms with van der Waals surface area (Å²) in [6, 6.07) is 5.09. The van der Waals surface area contributed by atoms with Gasteiger partial charge in [-0.25, -0.2) is 0 Å². The highest BCUT2D eigenvalue weighted by molar-refractivity contribution is 14.1. The van der Waals surface area contributed by atoms with Crippen LogP contribution in [0.2, 0.25) is 0 Å². The summed E-state index contributed by atoms with van der Waals surface area (Å²) in [7, 11) is 0. The number of unbranched alkanes of at least 4 members (excludes halogenated alkanes) is 1. The molecule has 0 aliphatic heterocycles. The van der Waals surface area contributed by atoms with Gasteiger partial charge in [0.2, 0.25) is 0 Å². The van der Waals surface area contributed by atoms with E-state index in [0.717, 1.165) is 9.99 Å². The summed E-state index contributed by atoms with van der Waals surface area (Å²) in [6.07, 6.45) is 6.60. The average Bonchev–Trinajstić information content (AvgIpc) is 2.26. The van der Waals surface area contributed by atoms with Crippen molar-refractivity contribution in [3.63, 3.8) is 0 Å². The van der Waals surface area contributed by atoms with Crippen LogP contribution < -0.4 is 5.32 Å². The molecule has 0 bridgehead atoms. The van der Waals surface area contributed by atoms with Crippen molar-refractivity contribution < 1.29 is 4.92 Å². The molecule has 0 radical (unpaired) electrons. The number of benzene rings is 1. The van der Waals surface area contributed by atoms with E-state index in [1.807, 2.05) is 28.7 Å². The number of nitrogens with zero attached hydrogens (tertiary/aromatic N) is 1. The minimum Gasteiger partial charge on any atom is -0.379 e. The Bertz CT molecular complexity index is 426. The maximum Gasteiger partial charge on any atom is 0.293 e. The molecule has 16 heavy (non-hydrogen) atoms. The quantitative estimate of drug-likeness (QED) is 0.297. The van der Waals surface area contributed by atoms with Crippen molar-refractivity contribution in [1.29, 1.82) is 0 Å². The standard InChI is InChI=1S/C11H11IN2O2/c1-2-3-4-7-13-10-6-5-9(12)8-11(10)14(15)16/h1,5-6,8,13H,3-4,7H2. The monoisotopic (exact) mass is 330 g/mol. The van der Waals surface area contributed by atoms with Crippen LogP contribution in [0.5, 0.6) is 0 Å². The number of hydrogen-bond acceptors (Lipinski definition) is 3. The summed E-state index contributed by atoms with van der Waals surface area (Å²) < 4.78 is 0.846. The normalized spacial score (nSPS) is 9.50. The highest BCUT2D eigenvalue weighted by atomic mass is 127. The van der Waals surface area contributed by atoms with E-state index in [2.05, 4.69) is 11.2 Å². The molecule has 1 rings (SSSR count). The first-order valence-corrected chi connectivity index (χ1v) is 5.84. The molecule has 0 saturated heterocycles. The topological polar surface area (TPSA) is 55.2 Å². The zero-order valence-electron chi connectivity index (χ0n) is 8.57. The lowest BCUT2D eigenvalue weighted by Gasteiger charge is -2.06. The number of terminal acetylenes is 1. The summed E-state index contributed by atoms with van der Waals surface area (Å²) in [4.78, 5) is 10.4. The lowest BCUT2D eigenvalue weighted by Crippen LogP contribution is -2.04. The maximum atomic E-state index is 10.8. The van der Waals surface area contributed by atoms with Gasteiger partial charge >= 0.3 is 0 Å². The molecule has 1 N–H and O–H groups in total. The number of nitrogens with one attached hydrogen (secondary N) is 1. The highest BCUT2D eigenvalue weighted by Crippen LogP contribution is 2.26. The van der Waals surface area contributed by atoms with Gasteiger partial charge in [-0.3, -0.25) is 10.1 Å². The van der Waals surface area contributed by atoms with Crippen LogP contribution in [0, 0.1) is 26.0 Å². The Hall–Kier alpha value is -1.29. The van der Waals surface area contributed by atoms with Crippen LogP contribution in [0.25, 0.3) is 0 Å². The van der Waals surface area contributed by atoms with Crippen molar-refractivity contribution >= 4 is 34.0 Å². The molecule has 4 nitrogen and oxygen atoms in total. The zero-order chi connectivity index (χ0) is 12.0. The van der Waals surface area contributed by atoms with Crippen LogP contribution in [0.1, 0.15) is 12.8 Å². The van der Waals surface area contributed by atoms with Crippen molar-refractivity contribution in [3.8, 4) is 12.3 Å². The second kappa shape index (κ2) is 6.33. The number of anilines is 1. The van der Waals surface area contributed by atoms with Crippen LogP contribution >= 0.6 is 22.6 Å². The first-order chi connectivity index (χ1) is 7.65. The van der Waals surface area contributed by atoms with E-state index in [0.29, 0.717) is 18.7 Å². The maximum absolute atomic E-state index is 10.8. The van der Waals surface area contributed by atoms with E-state index >= 15 is 0 Å². The van der Waals surface area contributed by atoms with Gasteiger partial charge in [0, 0.05) is 22.6 Å². The molecule has 0 spiro atoms. The third-order valence-electron chi connectivity index (χ3n) is 1.97. The second-order valence-electron chi connectivity index (χ2n) is 3.15. The third kappa shape index (κ3) is 3.70. The summed E-state index contributed by atoms with van der Waals surface area (Å²) >= 11 is 2.05. The third-order valence-corrected chi connectivity index (χ3v) is 2.64. The van der Waals surface area contributed by atoms with Crippen LogP contribution in [0.15, 0.2) is 18.2 Å². The van der Waals surface area contributed by atoms with Crippen molar-refractivity contribution in [3.05, 3.63) is 31.9 Å². The van der Waals surface area contributed by atoms with Gasteiger partial charge in [-0.2, -0.15) is 0 Å². The van der Waals surface area contributed by atoms with Crippen LogP contribution in [0.3, 0.4) is 0 Å². The van der Waals surface area contributed by atoms with E-state index in [4.69, 9.17) is 6.42 Å². The van der Waals surface area contributed by atoms with E-state index in [-0.39, 0.29) is 10.6 Å². The van der Waals surface area contributed by atoms with Gasteiger partial charge in [0.15, 0.2) is 0 Å². The predicted octanol–water partition coefficient (Wildman–Crippen LogP) is 3.02. The Morgan fingerprint density at radius 1 is 1.56 bits per heavy atom. The van der Waals surface area contributed by atoms with Gasteiger partial charge in [-0.15, -0.1) is 12.3 Å². The Morgan fingerprint density at radius 2 is 2.31 bits per heavy atom. The lowest BCUT2D eigenvalue weighted by molar-refractivity contribution is -0.384. The molecule has 0 atom stereocenters. The zero-order valence-corrected chi connectivity index (χ0v) is 10.7. The summed E-state index contributed by atoms with van der Waals surface area (Å²) in [5, 5.41) is 13.8. The Labute approximate surface area is 108 Å². The van der Waals surface area contributed by atoms with Crippen molar-refractivity contribution in [2.24, 2.45) is 0 Å². The van der Waals surface area contributed by atoms with E-state index in [1.54, 1.807) is 12.1 Å². The van der Waals surface area contributed by atoms with E-state index < -0.39 is 0 Å². The molecule has 1 aromatic rings. The fourth-order valence-electron chi connectivity index (χ4n) is 1.22. The minimum atomic E-state index is -0.383. The minimum absolute atomic E-state index is 0.104. The van der Waals surface area contributed by atoms with Gasteiger partial charge in [-0.05, 0) is 41.1 Å². The summed E-state index contributed by atoms with van der Waals surface area (Å²) in [5.74, 6) is 2.53. The van der Waals surface area contributed by atoms with Crippen LogP contribution in [0.4, 0.5) is 11.4 Å². The number of nitro benzene ring substituents is 1. The Balaban J connectivity index is 2.72.